The molecule has 0 saturated heterocycles. The van der Waals surface area contributed by atoms with Crippen molar-refractivity contribution in [3.63, 3.8) is 0 Å². The van der Waals surface area contributed by atoms with E-state index in [9.17, 15) is 24.0 Å². The van der Waals surface area contributed by atoms with Gasteiger partial charge in [0.2, 0.25) is 17.7 Å². The molecule has 0 aromatic carbocycles. The van der Waals surface area contributed by atoms with Crippen molar-refractivity contribution in [3.8, 4) is 0 Å². The summed E-state index contributed by atoms with van der Waals surface area (Å²) in [4.78, 5) is 56.1. The molecule has 0 spiro atoms. The molecule has 2 unspecified atom stereocenters. The van der Waals surface area contributed by atoms with Gasteiger partial charge in [-0.15, -0.1) is 0 Å². The number of carbonyl (C=O) groups excluding carboxylic acids is 3. The number of carboxylic acids is 2. The number of carbonyl (C=O) groups is 5. The van der Waals surface area contributed by atoms with Crippen LogP contribution in [0.5, 0.6) is 0 Å². The van der Waals surface area contributed by atoms with E-state index in [1.54, 1.807) is 0 Å². The molecule has 2 atom stereocenters. The van der Waals surface area contributed by atoms with Gasteiger partial charge < -0.3 is 31.9 Å². The molecule has 0 saturated carbocycles. The number of hydrogen-bond acceptors (Lipinski definition) is 7. The maximum absolute atomic E-state index is 11.9. The van der Waals surface area contributed by atoms with Crippen LogP contribution in [0.15, 0.2) is 0 Å². The van der Waals surface area contributed by atoms with E-state index in [2.05, 4.69) is 28.6 Å². The monoisotopic (exact) mass is 364 g/mol. The summed E-state index contributed by atoms with van der Waals surface area (Å²) < 4.78 is 0. The van der Waals surface area contributed by atoms with E-state index >= 15 is 0 Å². The molecule has 3 amide bonds. The molecule has 0 fully saturated rings. The summed E-state index contributed by atoms with van der Waals surface area (Å²) in [6.07, 6.45) is -0.571. The van der Waals surface area contributed by atoms with Crippen LogP contribution in [0.25, 0.3) is 0 Å². The van der Waals surface area contributed by atoms with E-state index < -0.39 is 48.3 Å². The zero-order chi connectivity index (χ0) is 18.7. The van der Waals surface area contributed by atoms with E-state index in [1.165, 1.54) is 0 Å². The lowest BCUT2D eigenvalue weighted by atomic mass is 10.1. The molecule has 0 heterocycles. The molecule has 24 heavy (non-hydrogen) atoms. The Balaban J connectivity index is 4.57. The standard InChI is InChI=1S/C12H20N4O7S/c13-3-8(17)15-6(1-2-10(19)20)11(21)14-4-9(18)16-7(5-24)12(22)23/h6-7,24H,1-5,13H2,(H,14,21)(H,15,17)(H,16,18)(H,19,20)(H,22,23). The molecule has 136 valence electrons. The van der Waals surface area contributed by atoms with E-state index in [0.29, 0.717) is 0 Å². The van der Waals surface area contributed by atoms with Crippen LogP contribution in [0, 0.1) is 0 Å². The summed E-state index contributed by atoms with van der Waals surface area (Å²) in [5.41, 5.74) is 5.11. The van der Waals surface area contributed by atoms with Crippen LogP contribution >= 0.6 is 12.6 Å². The Morgan fingerprint density at radius 1 is 1.00 bits per heavy atom. The maximum atomic E-state index is 11.9. The lowest BCUT2D eigenvalue weighted by Crippen LogP contribution is -2.52. The first-order valence-electron chi connectivity index (χ1n) is 6.83. The summed E-state index contributed by atoms with van der Waals surface area (Å²) in [6, 6.07) is -2.39. The molecule has 7 N–H and O–H groups in total. The Morgan fingerprint density at radius 3 is 2.04 bits per heavy atom. The van der Waals surface area contributed by atoms with Gasteiger partial charge in [0.15, 0.2) is 0 Å². The molecule has 0 aromatic rings. The lowest BCUT2D eigenvalue weighted by Gasteiger charge is -2.18. The zero-order valence-electron chi connectivity index (χ0n) is 12.7. The van der Waals surface area contributed by atoms with Crippen molar-refractivity contribution in [2.75, 3.05) is 18.8 Å². The van der Waals surface area contributed by atoms with Gasteiger partial charge in [0.25, 0.3) is 0 Å². The number of nitrogens with two attached hydrogens (primary N) is 1. The molecular weight excluding hydrogens is 344 g/mol. The number of rotatable bonds is 11. The second-order valence-electron chi connectivity index (χ2n) is 4.62. The van der Waals surface area contributed by atoms with E-state index in [4.69, 9.17) is 15.9 Å². The molecule has 0 aliphatic heterocycles. The largest absolute Gasteiger partial charge is 0.481 e. The summed E-state index contributed by atoms with van der Waals surface area (Å²) in [7, 11) is 0. The molecule has 0 aliphatic rings. The second-order valence-corrected chi connectivity index (χ2v) is 4.98. The Hall–Kier alpha value is -2.34. The van der Waals surface area contributed by atoms with Crippen molar-refractivity contribution in [3.05, 3.63) is 0 Å². The SMILES string of the molecule is NCC(=O)NC(CCC(=O)O)C(=O)NCC(=O)NC(CS)C(=O)O. The predicted molar refractivity (Wildman–Crippen MR) is 84.3 cm³/mol. The fourth-order valence-electron chi connectivity index (χ4n) is 1.51. The minimum absolute atomic E-state index is 0.136. The van der Waals surface area contributed by atoms with Crippen molar-refractivity contribution in [1.29, 1.82) is 0 Å². The number of aliphatic carboxylic acids is 2. The summed E-state index contributed by atoms with van der Waals surface area (Å²) in [6.45, 7) is -0.933. The van der Waals surface area contributed by atoms with Crippen molar-refractivity contribution in [2.45, 2.75) is 24.9 Å². The van der Waals surface area contributed by atoms with Gasteiger partial charge in [-0.1, -0.05) is 0 Å². The third kappa shape index (κ3) is 8.95. The zero-order valence-corrected chi connectivity index (χ0v) is 13.5. The number of amides is 3. The van der Waals surface area contributed by atoms with E-state index in [-0.39, 0.29) is 25.1 Å². The van der Waals surface area contributed by atoms with Crippen LogP contribution in [-0.4, -0.2) is 70.8 Å². The molecule has 12 heteroatoms. The molecule has 11 nitrogen and oxygen atoms in total. The van der Waals surface area contributed by atoms with Crippen molar-refractivity contribution in [2.24, 2.45) is 5.73 Å². The highest BCUT2D eigenvalue weighted by molar-refractivity contribution is 7.80. The van der Waals surface area contributed by atoms with Crippen LogP contribution in [-0.2, 0) is 24.0 Å². The van der Waals surface area contributed by atoms with Crippen molar-refractivity contribution < 1.29 is 34.2 Å². The molecule has 0 aromatic heterocycles. The topological polar surface area (TPSA) is 188 Å². The minimum Gasteiger partial charge on any atom is -0.481 e. The first kappa shape index (κ1) is 21.7. The van der Waals surface area contributed by atoms with Gasteiger partial charge in [-0.3, -0.25) is 19.2 Å². The van der Waals surface area contributed by atoms with Gasteiger partial charge in [-0.05, 0) is 6.42 Å². The highest BCUT2D eigenvalue weighted by Crippen LogP contribution is 1.98. The van der Waals surface area contributed by atoms with Gasteiger partial charge >= 0.3 is 11.9 Å². The van der Waals surface area contributed by atoms with Gasteiger partial charge in [-0.25, -0.2) is 4.79 Å². The molecular formula is C12H20N4O7S. The number of carboxylic acid groups (broad SMARTS) is 2. The van der Waals surface area contributed by atoms with Crippen LogP contribution in [0.4, 0.5) is 0 Å². The second kappa shape index (κ2) is 11.2. The van der Waals surface area contributed by atoms with Gasteiger partial charge in [0.1, 0.15) is 12.1 Å². The van der Waals surface area contributed by atoms with Gasteiger partial charge in [0.05, 0.1) is 13.1 Å². The van der Waals surface area contributed by atoms with Gasteiger partial charge in [-0.2, -0.15) is 12.6 Å². The van der Waals surface area contributed by atoms with E-state index in [0.717, 1.165) is 0 Å². The first-order valence-corrected chi connectivity index (χ1v) is 7.46. The molecule has 0 radical (unpaired) electrons. The van der Waals surface area contributed by atoms with Crippen molar-refractivity contribution >= 4 is 42.3 Å². The quantitative estimate of drug-likeness (QED) is 0.188. The molecule has 0 aliphatic carbocycles. The van der Waals surface area contributed by atoms with Crippen LogP contribution in [0.2, 0.25) is 0 Å². The molecule has 0 rings (SSSR count). The highest BCUT2D eigenvalue weighted by Gasteiger charge is 2.23. The smallest absolute Gasteiger partial charge is 0.327 e. The average Bonchev–Trinajstić information content (AvgIpc) is 2.53. The predicted octanol–water partition coefficient (Wildman–Crippen LogP) is -3.09. The maximum Gasteiger partial charge on any atom is 0.327 e. The normalized spacial score (nSPS) is 12.6. The molecule has 0 bridgehead atoms. The Kier molecular flexibility index (Phi) is 10.1. The Labute approximate surface area is 142 Å². The number of hydrogen-bond donors (Lipinski definition) is 7. The summed E-state index contributed by atoms with van der Waals surface area (Å²) >= 11 is 3.77. The number of nitrogens with one attached hydrogen (secondary N) is 3. The third-order valence-corrected chi connectivity index (χ3v) is 3.09. The van der Waals surface area contributed by atoms with Crippen LogP contribution in [0.1, 0.15) is 12.8 Å². The lowest BCUT2D eigenvalue weighted by molar-refractivity contribution is -0.141. The fourth-order valence-corrected chi connectivity index (χ4v) is 1.76. The summed E-state index contributed by atoms with van der Waals surface area (Å²) in [5, 5.41) is 24.0. The average molecular weight is 364 g/mol. The first-order chi connectivity index (χ1) is 11.2. The van der Waals surface area contributed by atoms with Crippen molar-refractivity contribution in [1.82, 2.24) is 16.0 Å². The van der Waals surface area contributed by atoms with Crippen LogP contribution in [0.3, 0.4) is 0 Å². The fraction of sp³-hybridized carbons (Fsp3) is 0.583. The third-order valence-electron chi connectivity index (χ3n) is 2.72. The minimum atomic E-state index is -1.28. The Bertz CT molecular complexity index is 500. The van der Waals surface area contributed by atoms with E-state index in [1.807, 2.05) is 0 Å². The Morgan fingerprint density at radius 2 is 1.58 bits per heavy atom. The number of thiol groups is 1. The van der Waals surface area contributed by atoms with Gasteiger partial charge in [0, 0.05) is 12.2 Å². The highest BCUT2D eigenvalue weighted by atomic mass is 32.1. The summed E-state index contributed by atoms with van der Waals surface area (Å²) in [5.74, 6) is -4.79. The van der Waals surface area contributed by atoms with Crippen LogP contribution < -0.4 is 21.7 Å².